The summed E-state index contributed by atoms with van der Waals surface area (Å²) in [6.07, 6.45) is 2.74. The number of rotatable bonds is 3. The predicted molar refractivity (Wildman–Crippen MR) is 52.7 cm³/mol. The second-order valence-corrected chi connectivity index (χ2v) is 3.46. The van der Waals surface area contributed by atoms with Gasteiger partial charge in [-0.05, 0) is 22.9 Å². The normalized spacial score (nSPS) is 9.57. The molecule has 0 bridgehead atoms. The van der Waals surface area contributed by atoms with Gasteiger partial charge in [0.2, 0.25) is 0 Å². The summed E-state index contributed by atoms with van der Waals surface area (Å²) < 4.78 is 0.501. The van der Waals surface area contributed by atoms with Crippen molar-refractivity contribution >= 4 is 27.6 Å². The number of halogens is 1. The van der Waals surface area contributed by atoms with Crippen LogP contribution in [-0.2, 0) is 4.79 Å². The first kappa shape index (κ1) is 10.8. The largest absolute Gasteiger partial charge is 0.344 e. The molecular weight excluding hydrogens is 250 g/mol. The van der Waals surface area contributed by atoms with Crippen LogP contribution in [0.2, 0.25) is 0 Å². The number of aromatic nitrogens is 2. The van der Waals surface area contributed by atoms with Gasteiger partial charge in [-0.2, -0.15) is 0 Å². The number of Topliss-reactive ketones (excluding diaryl/α,β-unsaturated/α-hetero) is 1. The summed E-state index contributed by atoms with van der Waals surface area (Å²) in [6.45, 7) is 1.41. The van der Waals surface area contributed by atoms with Gasteiger partial charge >= 0.3 is 0 Å². The summed E-state index contributed by atoms with van der Waals surface area (Å²) in [6, 6.07) is 0. The van der Waals surface area contributed by atoms with Crippen molar-refractivity contribution in [1.29, 1.82) is 0 Å². The van der Waals surface area contributed by atoms with Crippen molar-refractivity contribution in [1.82, 2.24) is 15.3 Å². The molecule has 1 heterocycles. The maximum atomic E-state index is 11.4. The van der Waals surface area contributed by atoms with E-state index in [1.54, 1.807) is 0 Å². The van der Waals surface area contributed by atoms with E-state index in [1.165, 1.54) is 19.4 Å². The molecule has 0 fully saturated rings. The molecule has 0 atom stereocenters. The Morgan fingerprint density at radius 1 is 1.57 bits per heavy atom. The maximum absolute atomic E-state index is 11.4. The second kappa shape index (κ2) is 4.80. The monoisotopic (exact) mass is 257 g/mol. The molecule has 0 saturated heterocycles. The fourth-order valence-corrected chi connectivity index (χ4v) is 1.17. The highest BCUT2D eigenvalue weighted by atomic mass is 79.9. The molecule has 0 aliphatic heterocycles. The number of hydrogen-bond acceptors (Lipinski definition) is 4. The van der Waals surface area contributed by atoms with E-state index in [-0.39, 0.29) is 18.0 Å². The molecule has 1 N–H and O–H groups in total. The third-order valence-electron chi connectivity index (χ3n) is 1.38. The molecule has 0 aromatic carbocycles. The van der Waals surface area contributed by atoms with Gasteiger partial charge in [0.05, 0.1) is 11.0 Å². The lowest BCUT2D eigenvalue weighted by atomic mass is 10.3. The molecule has 6 heteroatoms. The van der Waals surface area contributed by atoms with Crippen molar-refractivity contribution in [2.75, 3.05) is 6.54 Å². The second-order valence-electron chi connectivity index (χ2n) is 2.60. The van der Waals surface area contributed by atoms with E-state index in [2.05, 4.69) is 31.2 Å². The number of nitrogens with one attached hydrogen (secondary N) is 1. The third-order valence-corrected chi connectivity index (χ3v) is 1.96. The van der Waals surface area contributed by atoms with Crippen molar-refractivity contribution in [3.05, 3.63) is 22.7 Å². The summed E-state index contributed by atoms with van der Waals surface area (Å²) in [5.41, 5.74) is 0.223. The van der Waals surface area contributed by atoms with Crippen LogP contribution in [0.1, 0.15) is 17.4 Å². The van der Waals surface area contributed by atoms with Gasteiger partial charge in [-0.25, -0.2) is 9.97 Å². The zero-order valence-electron chi connectivity index (χ0n) is 7.45. The first-order valence-electron chi connectivity index (χ1n) is 3.84. The number of nitrogens with zero attached hydrogens (tertiary/aromatic N) is 2. The molecule has 0 saturated carbocycles. The van der Waals surface area contributed by atoms with Crippen LogP contribution in [0.5, 0.6) is 0 Å². The molecule has 14 heavy (non-hydrogen) atoms. The van der Waals surface area contributed by atoms with E-state index in [1.807, 2.05) is 0 Å². The van der Waals surface area contributed by atoms with E-state index in [9.17, 15) is 9.59 Å². The zero-order chi connectivity index (χ0) is 10.6. The minimum absolute atomic E-state index is 0.00920. The Hall–Kier alpha value is -1.30. The number of amides is 1. The molecule has 0 aliphatic carbocycles. The fraction of sp³-hybridized carbons (Fsp3) is 0.250. The summed E-state index contributed by atoms with van der Waals surface area (Å²) in [7, 11) is 0. The highest BCUT2D eigenvalue weighted by molar-refractivity contribution is 9.10. The zero-order valence-corrected chi connectivity index (χ0v) is 9.04. The van der Waals surface area contributed by atoms with Crippen LogP contribution in [0, 0.1) is 0 Å². The standard InChI is InChI=1S/C8H8BrN3O2/c1-5(13)2-11-8(14)7-6(9)3-10-4-12-7/h3-4H,2H2,1H3,(H,11,14). The lowest BCUT2D eigenvalue weighted by Gasteiger charge is -2.02. The SMILES string of the molecule is CC(=O)CNC(=O)c1ncncc1Br. The van der Waals surface area contributed by atoms with Crippen LogP contribution in [0.3, 0.4) is 0 Å². The summed E-state index contributed by atoms with van der Waals surface area (Å²) >= 11 is 3.13. The van der Waals surface area contributed by atoms with Gasteiger partial charge in [0, 0.05) is 6.20 Å². The van der Waals surface area contributed by atoms with Crippen LogP contribution in [0.15, 0.2) is 17.0 Å². The quantitative estimate of drug-likeness (QED) is 0.859. The van der Waals surface area contributed by atoms with Gasteiger partial charge < -0.3 is 5.32 Å². The average molecular weight is 258 g/mol. The molecule has 1 aromatic rings. The number of hydrogen-bond donors (Lipinski definition) is 1. The Bertz CT molecular complexity index is 367. The Kier molecular flexibility index (Phi) is 3.70. The highest BCUT2D eigenvalue weighted by Crippen LogP contribution is 2.10. The van der Waals surface area contributed by atoms with Gasteiger partial charge in [-0.15, -0.1) is 0 Å². The first-order chi connectivity index (χ1) is 6.61. The number of ketones is 1. The highest BCUT2D eigenvalue weighted by Gasteiger charge is 2.10. The van der Waals surface area contributed by atoms with E-state index >= 15 is 0 Å². The Balaban J connectivity index is 2.70. The summed E-state index contributed by atoms with van der Waals surface area (Å²) in [5, 5.41) is 2.43. The van der Waals surface area contributed by atoms with Gasteiger partial charge in [-0.1, -0.05) is 0 Å². The molecule has 1 amide bonds. The van der Waals surface area contributed by atoms with Gasteiger partial charge in [-0.3, -0.25) is 9.59 Å². The van der Waals surface area contributed by atoms with Gasteiger partial charge in [0.1, 0.15) is 17.8 Å². The molecular formula is C8H8BrN3O2. The molecule has 5 nitrogen and oxygen atoms in total. The minimum atomic E-state index is -0.394. The predicted octanol–water partition coefficient (Wildman–Crippen LogP) is 0.558. The van der Waals surface area contributed by atoms with Gasteiger partial charge in [0.15, 0.2) is 0 Å². The molecule has 74 valence electrons. The number of carbonyl (C=O) groups excluding carboxylic acids is 2. The van der Waals surface area contributed by atoms with Crippen molar-refractivity contribution < 1.29 is 9.59 Å². The van der Waals surface area contributed by atoms with E-state index in [0.717, 1.165) is 0 Å². The van der Waals surface area contributed by atoms with Crippen LogP contribution in [0.25, 0.3) is 0 Å². The molecule has 1 aromatic heterocycles. The maximum Gasteiger partial charge on any atom is 0.271 e. The lowest BCUT2D eigenvalue weighted by molar-refractivity contribution is -0.116. The van der Waals surface area contributed by atoms with Crippen LogP contribution in [0.4, 0.5) is 0 Å². The van der Waals surface area contributed by atoms with E-state index < -0.39 is 5.91 Å². The summed E-state index contributed by atoms with van der Waals surface area (Å²) in [5.74, 6) is -0.502. The van der Waals surface area contributed by atoms with Crippen LogP contribution < -0.4 is 5.32 Å². The molecule has 1 rings (SSSR count). The fourth-order valence-electron chi connectivity index (χ4n) is 0.768. The van der Waals surface area contributed by atoms with Crippen LogP contribution >= 0.6 is 15.9 Å². The molecule has 0 spiro atoms. The Labute approximate surface area is 89.1 Å². The molecule has 0 aliphatic rings. The Morgan fingerprint density at radius 2 is 2.29 bits per heavy atom. The van der Waals surface area contributed by atoms with E-state index in [4.69, 9.17) is 0 Å². The summed E-state index contributed by atoms with van der Waals surface area (Å²) in [4.78, 5) is 29.5. The topological polar surface area (TPSA) is 72.0 Å². The van der Waals surface area contributed by atoms with E-state index in [0.29, 0.717) is 4.47 Å². The van der Waals surface area contributed by atoms with Crippen molar-refractivity contribution in [3.63, 3.8) is 0 Å². The van der Waals surface area contributed by atoms with Crippen molar-refractivity contribution in [2.45, 2.75) is 6.92 Å². The van der Waals surface area contributed by atoms with Gasteiger partial charge in [0.25, 0.3) is 5.91 Å². The average Bonchev–Trinajstić information content (AvgIpc) is 2.15. The smallest absolute Gasteiger partial charge is 0.271 e. The molecule has 0 radical (unpaired) electrons. The third kappa shape index (κ3) is 2.88. The van der Waals surface area contributed by atoms with Crippen molar-refractivity contribution in [3.8, 4) is 0 Å². The molecule has 0 unspecified atom stereocenters. The van der Waals surface area contributed by atoms with Crippen LogP contribution in [-0.4, -0.2) is 28.2 Å². The Morgan fingerprint density at radius 3 is 2.86 bits per heavy atom. The van der Waals surface area contributed by atoms with Crippen molar-refractivity contribution in [2.24, 2.45) is 0 Å². The minimum Gasteiger partial charge on any atom is -0.344 e. The number of carbonyl (C=O) groups is 2. The first-order valence-corrected chi connectivity index (χ1v) is 4.63. The lowest BCUT2D eigenvalue weighted by Crippen LogP contribution is -2.29.